The lowest BCUT2D eigenvalue weighted by molar-refractivity contribution is -0.140. The van der Waals surface area contributed by atoms with Gasteiger partial charge in [-0.25, -0.2) is 9.59 Å². The lowest BCUT2D eigenvalue weighted by Gasteiger charge is -2.02. The molecule has 0 saturated carbocycles. The van der Waals surface area contributed by atoms with Crippen LogP contribution in [0.2, 0.25) is 0 Å². The molecule has 0 amide bonds. The Bertz CT molecular complexity index is 326. The Hall–Kier alpha value is -1.76. The highest BCUT2D eigenvalue weighted by Gasteiger charge is 2.00. The maximum Gasteiger partial charge on any atom is 0.331 e. The summed E-state index contributed by atoms with van der Waals surface area (Å²) in [7, 11) is 0. The van der Waals surface area contributed by atoms with Crippen molar-refractivity contribution in [2.24, 2.45) is 0 Å². The summed E-state index contributed by atoms with van der Waals surface area (Å²) in [5.41, 5.74) is 0. The van der Waals surface area contributed by atoms with Crippen molar-refractivity contribution >= 4 is 11.9 Å². The van der Waals surface area contributed by atoms with Crippen molar-refractivity contribution in [3.63, 3.8) is 0 Å². The van der Waals surface area contributed by atoms with E-state index < -0.39 is 11.9 Å². The van der Waals surface area contributed by atoms with Gasteiger partial charge >= 0.3 is 11.9 Å². The van der Waals surface area contributed by atoms with Gasteiger partial charge in [0.1, 0.15) is 0 Å². The third-order valence-corrected chi connectivity index (χ3v) is 2.40. The lowest BCUT2D eigenvalue weighted by atomic mass is 10.1. The van der Waals surface area contributed by atoms with Crippen LogP contribution in [0.5, 0.6) is 0 Å². The number of unbranched alkanes of at least 4 members (excludes halogenated alkanes) is 5. The third-order valence-electron chi connectivity index (χ3n) is 2.40. The van der Waals surface area contributed by atoms with Crippen molar-refractivity contribution < 1.29 is 19.1 Å². The molecule has 0 bridgehead atoms. The van der Waals surface area contributed by atoms with E-state index in [1.165, 1.54) is 25.7 Å². The van der Waals surface area contributed by atoms with Crippen molar-refractivity contribution in [1.29, 1.82) is 0 Å². The summed E-state index contributed by atoms with van der Waals surface area (Å²) in [6.45, 7) is 2.45. The van der Waals surface area contributed by atoms with Crippen molar-refractivity contribution in [1.82, 2.24) is 0 Å². The standard InChI is InChI=1S/C15H22O4/c1-3-5-6-7-8-9-13-19-15(17)11-10-14(16)18-12-4-2/h2,10-11H,3,5-9,12-13H2,1H3/b11-10+. The molecular weight excluding hydrogens is 244 g/mol. The van der Waals surface area contributed by atoms with Crippen molar-refractivity contribution in [3.05, 3.63) is 12.2 Å². The Labute approximate surface area is 115 Å². The van der Waals surface area contributed by atoms with Crippen LogP contribution in [0.3, 0.4) is 0 Å². The summed E-state index contributed by atoms with van der Waals surface area (Å²) in [6, 6.07) is 0. The average molecular weight is 266 g/mol. The molecule has 0 aromatic carbocycles. The Balaban J connectivity index is 3.51. The van der Waals surface area contributed by atoms with Gasteiger partial charge in [0.15, 0.2) is 6.61 Å². The van der Waals surface area contributed by atoms with Crippen molar-refractivity contribution in [2.45, 2.75) is 45.4 Å². The molecule has 0 unspecified atom stereocenters. The van der Waals surface area contributed by atoms with Gasteiger partial charge < -0.3 is 9.47 Å². The molecule has 0 radical (unpaired) electrons. The van der Waals surface area contributed by atoms with Crippen molar-refractivity contribution in [2.75, 3.05) is 13.2 Å². The summed E-state index contributed by atoms with van der Waals surface area (Å²) in [5, 5.41) is 0. The molecule has 0 rings (SSSR count). The Kier molecular flexibility index (Phi) is 11.5. The van der Waals surface area contributed by atoms with E-state index in [-0.39, 0.29) is 6.61 Å². The Morgan fingerprint density at radius 2 is 1.58 bits per heavy atom. The molecular formula is C15H22O4. The predicted molar refractivity (Wildman–Crippen MR) is 73.3 cm³/mol. The molecule has 4 nitrogen and oxygen atoms in total. The number of esters is 2. The molecule has 19 heavy (non-hydrogen) atoms. The van der Waals surface area contributed by atoms with E-state index in [2.05, 4.69) is 17.6 Å². The SMILES string of the molecule is C#CCOC(=O)/C=C/C(=O)OCCCCCCCC. The fraction of sp³-hybridized carbons (Fsp3) is 0.600. The summed E-state index contributed by atoms with van der Waals surface area (Å²) >= 11 is 0. The Morgan fingerprint density at radius 3 is 2.21 bits per heavy atom. The van der Waals surface area contributed by atoms with Crippen LogP contribution in [0.25, 0.3) is 0 Å². The third kappa shape index (κ3) is 12.5. The molecule has 0 aromatic heterocycles. The van der Waals surface area contributed by atoms with Crippen LogP contribution in [0.1, 0.15) is 45.4 Å². The number of hydrogen-bond acceptors (Lipinski definition) is 4. The van der Waals surface area contributed by atoms with Crippen LogP contribution < -0.4 is 0 Å². The summed E-state index contributed by atoms with van der Waals surface area (Å²) < 4.78 is 9.48. The number of ether oxygens (including phenoxy) is 2. The van der Waals surface area contributed by atoms with Gasteiger partial charge in [-0.2, -0.15) is 0 Å². The first-order chi connectivity index (χ1) is 9.20. The van der Waals surface area contributed by atoms with Gasteiger partial charge in [0.2, 0.25) is 0 Å². The molecule has 0 N–H and O–H groups in total. The fourth-order valence-electron chi connectivity index (χ4n) is 1.40. The first kappa shape index (κ1) is 17.2. The van der Waals surface area contributed by atoms with Gasteiger partial charge in [0.05, 0.1) is 6.61 Å². The second kappa shape index (κ2) is 12.7. The van der Waals surface area contributed by atoms with Crippen LogP contribution in [0, 0.1) is 12.3 Å². The van der Waals surface area contributed by atoms with Gasteiger partial charge in [0.25, 0.3) is 0 Å². The van der Waals surface area contributed by atoms with Crippen LogP contribution >= 0.6 is 0 Å². The van der Waals surface area contributed by atoms with Crippen LogP contribution in [0.15, 0.2) is 12.2 Å². The number of carbonyl (C=O) groups is 2. The van der Waals surface area contributed by atoms with Gasteiger partial charge in [0, 0.05) is 12.2 Å². The Morgan fingerprint density at radius 1 is 1.00 bits per heavy atom. The summed E-state index contributed by atoms with van der Waals surface area (Å²) in [5.74, 6) is 0.976. The average Bonchev–Trinajstić information content (AvgIpc) is 2.41. The number of hydrogen-bond donors (Lipinski definition) is 0. The lowest BCUT2D eigenvalue weighted by Crippen LogP contribution is -2.05. The normalized spacial score (nSPS) is 10.1. The number of carbonyl (C=O) groups excluding carboxylic acids is 2. The van der Waals surface area contributed by atoms with E-state index in [9.17, 15) is 9.59 Å². The van der Waals surface area contributed by atoms with Crippen LogP contribution in [-0.2, 0) is 19.1 Å². The zero-order valence-electron chi connectivity index (χ0n) is 11.5. The first-order valence-corrected chi connectivity index (χ1v) is 6.65. The molecule has 0 fully saturated rings. The van der Waals surface area contributed by atoms with E-state index in [1.807, 2.05) is 0 Å². The highest BCUT2D eigenvalue weighted by Crippen LogP contribution is 2.04. The van der Waals surface area contributed by atoms with Gasteiger partial charge in [-0.3, -0.25) is 0 Å². The van der Waals surface area contributed by atoms with E-state index >= 15 is 0 Å². The topological polar surface area (TPSA) is 52.6 Å². The van der Waals surface area contributed by atoms with Gasteiger partial charge in [-0.05, 0) is 6.42 Å². The molecule has 0 saturated heterocycles. The molecule has 0 aliphatic rings. The minimum absolute atomic E-state index is 0.101. The van der Waals surface area contributed by atoms with Crippen molar-refractivity contribution in [3.8, 4) is 12.3 Å². The largest absolute Gasteiger partial charge is 0.463 e. The second-order valence-electron chi connectivity index (χ2n) is 4.08. The second-order valence-corrected chi connectivity index (χ2v) is 4.08. The van der Waals surface area contributed by atoms with E-state index in [0.717, 1.165) is 25.0 Å². The van der Waals surface area contributed by atoms with Crippen LogP contribution in [-0.4, -0.2) is 25.2 Å². The zero-order valence-corrected chi connectivity index (χ0v) is 11.5. The number of terminal acetylenes is 1. The monoisotopic (exact) mass is 266 g/mol. The summed E-state index contributed by atoms with van der Waals surface area (Å²) in [6.07, 6.45) is 13.8. The van der Waals surface area contributed by atoms with Crippen LogP contribution in [0.4, 0.5) is 0 Å². The highest BCUT2D eigenvalue weighted by molar-refractivity contribution is 5.91. The molecule has 0 atom stereocenters. The minimum atomic E-state index is -0.644. The zero-order chi connectivity index (χ0) is 14.3. The molecule has 0 aliphatic heterocycles. The molecule has 0 aliphatic carbocycles. The van der Waals surface area contributed by atoms with E-state index in [4.69, 9.17) is 11.2 Å². The maximum atomic E-state index is 11.2. The number of rotatable bonds is 10. The molecule has 4 heteroatoms. The highest BCUT2D eigenvalue weighted by atomic mass is 16.5. The smallest absolute Gasteiger partial charge is 0.331 e. The summed E-state index contributed by atoms with van der Waals surface area (Å²) in [4.78, 5) is 22.2. The van der Waals surface area contributed by atoms with Gasteiger partial charge in [-0.15, -0.1) is 6.42 Å². The van der Waals surface area contributed by atoms with Gasteiger partial charge in [-0.1, -0.05) is 44.9 Å². The maximum absolute atomic E-state index is 11.2. The molecule has 0 heterocycles. The fourth-order valence-corrected chi connectivity index (χ4v) is 1.40. The molecule has 0 aromatic rings. The van der Waals surface area contributed by atoms with E-state index in [1.54, 1.807) is 0 Å². The first-order valence-electron chi connectivity index (χ1n) is 6.65. The minimum Gasteiger partial charge on any atom is -0.463 e. The quantitative estimate of drug-likeness (QED) is 0.264. The predicted octanol–water partition coefficient (Wildman–Crippen LogP) is 2.62. The molecule has 0 spiro atoms. The van der Waals surface area contributed by atoms with E-state index in [0.29, 0.717) is 6.61 Å². The molecule has 106 valence electrons.